The van der Waals surface area contributed by atoms with Crippen LogP contribution in [-0.4, -0.2) is 24.3 Å². The van der Waals surface area contributed by atoms with Gasteiger partial charge in [-0.05, 0) is 31.5 Å². The molecule has 1 aliphatic heterocycles. The minimum absolute atomic E-state index is 0.539. The first-order chi connectivity index (χ1) is 7.86. The molecule has 0 aromatic heterocycles. The number of para-hydroxylation sites is 1. The number of hydrogen-bond donors (Lipinski definition) is 3. The van der Waals surface area contributed by atoms with Gasteiger partial charge in [-0.2, -0.15) is 4.47 Å². The SMILES string of the molecule is ON(SNCC1CCCN1)c1ccccc1. The lowest BCUT2D eigenvalue weighted by molar-refractivity contribution is 0.331. The van der Waals surface area contributed by atoms with Gasteiger partial charge in [-0.15, -0.1) is 0 Å². The van der Waals surface area contributed by atoms with Gasteiger partial charge in [0.15, 0.2) is 0 Å². The molecule has 1 atom stereocenters. The zero-order valence-corrected chi connectivity index (χ0v) is 9.91. The summed E-state index contributed by atoms with van der Waals surface area (Å²) in [6, 6.07) is 10.00. The van der Waals surface area contributed by atoms with Crippen molar-refractivity contribution in [3.63, 3.8) is 0 Å². The van der Waals surface area contributed by atoms with E-state index in [1.54, 1.807) is 0 Å². The molecule has 3 N–H and O–H groups in total. The van der Waals surface area contributed by atoms with E-state index in [1.165, 1.54) is 25.0 Å². The van der Waals surface area contributed by atoms with E-state index >= 15 is 0 Å². The maximum absolute atomic E-state index is 9.71. The summed E-state index contributed by atoms with van der Waals surface area (Å²) in [7, 11) is 0. The van der Waals surface area contributed by atoms with Gasteiger partial charge in [-0.1, -0.05) is 18.2 Å². The van der Waals surface area contributed by atoms with E-state index in [4.69, 9.17) is 0 Å². The van der Waals surface area contributed by atoms with Crippen molar-refractivity contribution in [1.29, 1.82) is 0 Å². The molecule has 0 spiro atoms. The van der Waals surface area contributed by atoms with Crippen molar-refractivity contribution in [1.82, 2.24) is 10.0 Å². The second-order valence-electron chi connectivity index (χ2n) is 3.84. The van der Waals surface area contributed by atoms with Gasteiger partial charge in [0.25, 0.3) is 0 Å². The Morgan fingerprint density at radius 1 is 1.44 bits per heavy atom. The molecule has 1 unspecified atom stereocenters. The van der Waals surface area contributed by atoms with Crippen LogP contribution >= 0.6 is 12.1 Å². The molecule has 5 heteroatoms. The summed E-state index contributed by atoms with van der Waals surface area (Å²) in [6.07, 6.45) is 2.46. The summed E-state index contributed by atoms with van der Waals surface area (Å²) >= 11 is 1.22. The Balaban J connectivity index is 1.69. The zero-order valence-electron chi connectivity index (χ0n) is 9.10. The summed E-state index contributed by atoms with van der Waals surface area (Å²) in [6.45, 7) is 1.98. The molecule has 88 valence electrons. The summed E-state index contributed by atoms with van der Waals surface area (Å²) in [5, 5.41) is 13.1. The molecule has 1 aromatic carbocycles. The van der Waals surface area contributed by atoms with Gasteiger partial charge in [0, 0.05) is 12.6 Å². The van der Waals surface area contributed by atoms with Crippen molar-refractivity contribution in [2.24, 2.45) is 0 Å². The average Bonchev–Trinajstić information content (AvgIpc) is 2.83. The summed E-state index contributed by atoms with van der Waals surface area (Å²) in [5.74, 6) is 0. The minimum atomic E-state index is 0.539. The van der Waals surface area contributed by atoms with Crippen LogP contribution < -0.4 is 14.5 Å². The van der Waals surface area contributed by atoms with Crippen molar-refractivity contribution >= 4 is 17.8 Å². The van der Waals surface area contributed by atoms with Crippen LogP contribution in [-0.2, 0) is 0 Å². The molecule has 0 saturated carbocycles. The Morgan fingerprint density at radius 2 is 2.25 bits per heavy atom. The maximum atomic E-state index is 9.71. The van der Waals surface area contributed by atoms with Crippen molar-refractivity contribution in [3.8, 4) is 0 Å². The molecule has 0 bridgehead atoms. The molecular weight excluding hydrogens is 222 g/mol. The van der Waals surface area contributed by atoms with Gasteiger partial charge < -0.3 is 5.32 Å². The van der Waals surface area contributed by atoms with Crippen LogP contribution in [0.3, 0.4) is 0 Å². The first kappa shape index (κ1) is 11.7. The van der Waals surface area contributed by atoms with Crippen LogP contribution in [0.1, 0.15) is 12.8 Å². The van der Waals surface area contributed by atoms with E-state index in [1.807, 2.05) is 30.3 Å². The first-order valence-electron chi connectivity index (χ1n) is 5.53. The molecule has 1 aromatic rings. The highest BCUT2D eigenvalue weighted by Crippen LogP contribution is 2.17. The number of nitrogens with zero attached hydrogens (tertiary/aromatic N) is 1. The molecule has 1 heterocycles. The molecule has 1 aliphatic rings. The van der Waals surface area contributed by atoms with E-state index in [0.717, 1.165) is 23.2 Å². The first-order valence-corrected chi connectivity index (χ1v) is 6.31. The van der Waals surface area contributed by atoms with Crippen molar-refractivity contribution in [2.75, 3.05) is 17.6 Å². The third-order valence-electron chi connectivity index (χ3n) is 2.62. The Morgan fingerprint density at radius 3 is 2.94 bits per heavy atom. The number of hydrogen-bond acceptors (Lipinski definition) is 5. The Labute approximate surface area is 100 Å². The fraction of sp³-hybridized carbons (Fsp3) is 0.455. The quantitative estimate of drug-likeness (QED) is 0.540. The lowest BCUT2D eigenvalue weighted by atomic mass is 10.2. The van der Waals surface area contributed by atoms with E-state index in [0.29, 0.717) is 6.04 Å². The third-order valence-corrected chi connectivity index (χ3v) is 3.30. The van der Waals surface area contributed by atoms with Crippen LogP contribution in [0.4, 0.5) is 5.69 Å². The molecule has 2 rings (SSSR count). The molecule has 1 saturated heterocycles. The smallest absolute Gasteiger partial charge is 0.0778 e. The molecular formula is C11H17N3OS. The Kier molecular flexibility index (Phi) is 4.47. The number of anilines is 1. The maximum Gasteiger partial charge on any atom is 0.0778 e. The number of nitrogens with one attached hydrogen (secondary N) is 2. The third kappa shape index (κ3) is 3.38. The van der Waals surface area contributed by atoms with Gasteiger partial charge in [-0.3, -0.25) is 5.21 Å². The second-order valence-corrected chi connectivity index (χ2v) is 4.66. The monoisotopic (exact) mass is 239 g/mol. The topological polar surface area (TPSA) is 47.5 Å². The minimum Gasteiger partial charge on any atom is -0.313 e. The Bertz CT molecular complexity index is 303. The molecule has 16 heavy (non-hydrogen) atoms. The van der Waals surface area contributed by atoms with Gasteiger partial charge in [-0.25, -0.2) is 4.72 Å². The lowest BCUT2D eigenvalue weighted by Gasteiger charge is -2.17. The Hall–Kier alpha value is -0.750. The van der Waals surface area contributed by atoms with Crippen LogP contribution in [0.2, 0.25) is 0 Å². The van der Waals surface area contributed by atoms with Crippen LogP contribution in [0.5, 0.6) is 0 Å². The largest absolute Gasteiger partial charge is 0.313 e. The standard InChI is InChI=1S/C11H17N3OS/c15-14(11-6-2-1-3-7-11)16-13-9-10-5-4-8-12-10/h1-3,6-7,10,12-13,15H,4-5,8-9H2. The van der Waals surface area contributed by atoms with Crippen LogP contribution in [0.25, 0.3) is 0 Å². The lowest BCUT2D eigenvalue weighted by Crippen LogP contribution is -2.32. The van der Waals surface area contributed by atoms with Gasteiger partial charge >= 0.3 is 0 Å². The van der Waals surface area contributed by atoms with Crippen LogP contribution in [0, 0.1) is 0 Å². The highest BCUT2D eigenvalue weighted by Gasteiger charge is 2.13. The summed E-state index contributed by atoms with van der Waals surface area (Å²) < 4.78 is 4.30. The second kappa shape index (κ2) is 6.10. The zero-order chi connectivity index (χ0) is 11.2. The van der Waals surface area contributed by atoms with Gasteiger partial charge in [0.1, 0.15) is 0 Å². The van der Waals surface area contributed by atoms with Crippen molar-refractivity contribution < 1.29 is 5.21 Å². The fourth-order valence-electron chi connectivity index (χ4n) is 1.74. The number of rotatable bonds is 5. The van der Waals surface area contributed by atoms with E-state index in [2.05, 4.69) is 10.0 Å². The van der Waals surface area contributed by atoms with Gasteiger partial charge in [0.2, 0.25) is 0 Å². The highest BCUT2D eigenvalue weighted by molar-refractivity contribution is 7.98. The average molecular weight is 239 g/mol. The van der Waals surface area contributed by atoms with E-state index < -0.39 is 0 Å². The van der Waals surface area contributed by atoms with Crippen molar-refractivity contribution in [2.45, 2.75) is 18.9 Å². The predicted molar refractivity (Wildman–Crippen MR) is 67.3 cm³/mol. The summed E-state index contributed by atoms with van der Waals surface area (Å²) in [4.78, 5) is 0. The molecule has 0 radical (unpaired) electrons. The fourth-order valence-corrected chi connectivity index (χ4v) is 2.36. The highest BCUT2D eigenvalue weighted by atomic mass is 32.2. The molecule has 4 nitrogen and oxygen atoms in total. The molecule has 1 fully saturated rings. The number of benzene rings is 1. The van der Waals surface area contributed by atoms with Gasteiger partial charge in [0.05, 0.1) is 17.8 Å². The molecule has 0 amide bonds. The summed E-state index contributed by atoms with van der Waals surface area (Å²) in [5.41, 5.74) is 0.777. The van der Waals surface area contributed by atoms with Crippen LogP contribution in [0.15, 0.2) is 30.3 Å². The normalized spacial score (nSPS) is 19.9. The van der Waals surface area contributed by atoms with E-state index in [-0.39, 0.29) is 0 Å². The molecule has 0 aliphatic carbocycles. The van der Waals surface area contributed by atoms with E-state index in [9.17, 15) is 5.21 Å². The van der Waals surface area contributed by atoms with Crippen molar-refractivity contribution in [3.05, 3.63) is 30.3 Å². The predicted octanol–water partition coefficient (Wildman–Crippen LogP) is 1.79.